The summed E-state index contributed by atoms with van der Waals surface area (Å²) in [6, 6.07) is 3.47. The van der Waals surface area contributed by atoms with Crippen LogP contribution in [0.1, 0.15) is 31.4 Å². The number of nitrogens with zero attached hydrogens (tertiary/aromatic N) is 1. The molecule has 19 heavy (non-hydrogen) atoms. The van der Waals surface area contributed by atoms with E-state index in [4.69, 9.17) is 11.6 Å². The summed E-state index contributed by atoms with van der Waals surface area (Å²) in [5, 5.41) is 0. The fourth-order valence-corrected chi connectivity index (χ4v) is 4.22. The van der Waals surface area contributed by atoms with Gasteiger partial charge in [0.05, 0.1) is 4.90 Å². The minimum atomic E-state index is -3.49. The standard InChI is InChI=1S/C13H19BrClNO2S/c1-5-9(2)16(4)19(17,18)13-7-11(8-15)6-12(14)10(13)3/h6-7,9H,5,8H2,1-4H3. The lowest BCUT2D eigenvalue weighted by molar-refractivity contribution is 0.380. The third-order valence-corrected chi connectivity index (χ3v) is 6.61. The molecule has 1 atom stereocenters. The van der Waals surface area contributed by atoms with Crippen molar-refractivity contribution in [2.45, 2.75) is 44.0 Å². The monoisotopic (exact) mass is 367 g/mol. The summed E-state index contributed by atoms with van der Waals surface area (Å²) in [6.45, 7) is 5.65. The molecule has 0 aromatic heterocycles. The fourth-order valence-electron chi connectivity index (χ4n) is 1.70. The lowest BCUT2D eigenvalue weighted by Gasteiger charge is -2.24. The minimum Gasteiger partial charge on any atom is -0.207 e. The number of hydrogen-bond donors (Lipinski definition) is 0. The predicted molar refractivity (Wildman–Crippen MR) is 83.1 cm³/mol. The van der Waals surface area contributed by atoms with Gasteiger partial charge in [0.25, 0.3) is 0 Å². The molecular weight excluding hydrogens is 350 g/mol. The van der Waals surface area contributed by atoms with Crippen molar-refractivity contribution in [2.75, 3.05) is 7.05 Å². The maximum atomic E-state index is 12.6. The Morgan fingerprint density at radius 3 is 2.47 bits per heavy atom. The van der Waals surface area contributed by atoms with Crippen LogP contribution in [0.25, 0.3) is 0 Å². The topological polar surface area (TPSA) is 37.4 Å². The van der Waals surface area contributed by atoms with Crippen LogP contribution in [-0.2, 0) is 15.9 Å². The molecule has 1 rings (SSSR count). The van der Waals surface area contributed by atoms with Gasteiger partial charge in [0.15, 0.2) is 0 Å². The Morgan fingerprint density at radius 1 is 1.42 bits per heavy atom. The third-order valence-electron chi connectivity index (χ3n) is 3.38. The van der Waals surface area contributed by atoms with E-state index in [9.17, 15) is 8.42 Å². The first-order chi connectivity index (χ1) is 8.75. The molecule has 0 fully saturated rings. The highest BCUT2D eigenvalue weighted by atomic mass is 79.9. The van der Waals surface area contributed by atoms with E-state index in [1.807, 2.05) is 19.9 Å². The van der Waals surface area contributed by atoms with Gasteiger partial charge in [-0.15, -0.1) is 11.6 Å². The van der Waals surface area contributed by atoms with Crippen molar-refractivity contribution in [3.05, 3.63) is 27.7 Å². The molecule has 1 unspecified atom stereocenters. The molecule has 0 saturated heterocycles. The lowest BCUT2D eigenvalue weighted by Crippen LogP contribution is -2.35. The van der Waals surface area contributed by atoms with Gasteiger partial charge in [-0.1, -0.05) is 22.9 Å². The van der Waals surface area contributed by atoms with Crippen molar-refractivity contribution in [1.29, 1.82) is 0 Å². The minimum absolute atomic E-state index is 0.0390. The first-order valence-corrected chi connectivity index (χ1v) is 8.85. The van der Waals surface area contributed by atoms with E-state index in [1.54, 1.807) is 20.0 Å². The van der Waals surface area contributed by atoms with Gasteiger partial charge in [-0.05, 0) is 43.5 Å². The van der Waals surface area contributed by atoms with Crippen LogP contribution in [0.2, 0.25) is 0 Å². The molecule has 0 heterocycles. The smallest absolute Gasteiger partial charge is 0.207 e. The SMILES string of the molecule is CCC(C)N(C)S(=O)(=O)c1cc(CCl)cc(Br)c1C. The molecule has 1 aromatic carbocycles. The Hall–Kier alpha value is -0.100. The van der Waals surface area contributed by atoms with Crippen LogP contribution >= 0.6 is 27.5 Å². The van der Waals surface area contributed by atoms with E-state index in [0.29, 0.717) is 10.5 Å². The van der Waals surface area contributed by atoms with Crippen LogP contribution in [0.4, 0.5) is 0 Å². The van der Waals surface area contributed by atoms with Crippen LogP contribution in [0.5, 0.6) is 0 Å². The van der Waals surface area contributed by atoms with Gasteiger partial charge < -0.3 is 0 Å². The third kappa shape index (κ3) is 3.51. The maximum absolute atomic E-state index is 12.6. The molecule has 0 bridgehead atoms. The lowest BCUT2D eigenvalue weighted by atomic mass is 10.2. The summed E-state index contributed by atoms with van der Waals surface area (Å²) in [7, 11) is -1.88. The van der Waals surface area contributed by atoms with Crippen molar-refractivity contribution in [2.24, 2.45) is 0 Å². The van der Waals surface area contributed by atoms with Crippen LogP contribution in [-0.4, -0.2) is 25.8 Å². The van der Waals surface area contributed by atoms with Crippen molar-refractivity contribution in [3.63, 3.8) is 0 Å². The van der Waals surface area contributed by atoms with E-state index in [1.165, 1.54) is 4.31 Å². The zero-order valence-electron chi connectivity index (χ0n) is 11.6. The highest BCUT2D eigenvalue weighted by Crippen LogP contribution is 2.29. The Kier molecular flexibility index (Phi) is 5.86. The van der Waals surface area contributed by atoms with Gasteiger partial charge in [0.1, 0.15) is 0 Å². The summed E-state index contributed by atoms with van der Waals surface area (Å²) >= 11 is 9.21. The molecule has 3 nitrogen and oxygen atoms in total. The van der Waals surface area contributed by atoms with Crippen molar-refractivity contribution < 1.29 is 8.42 Å². The number of halogens is 2. The highest BCUT2D eigenvalue weighted by Gasteiger charge is 2.27. The Balaban J connectivity index is 3.40. The summed E-state index contributed by atoms with van der Waals surface area (Å²) in [5.74, 6) is 0.286. The quantitative estimate of drug-likeness (QED) is 0.739. The molecule has 0 aliphatic rings. The predicted octanol–water partition coefficient (Wildman–Crippen LogP) is 3.92. The van der Waals surface area contributed by atoms with Gasteiger partial charge in [0, 0.05) is 23.4 Å². The Bertz CT molecular complexity index is 560. The van der Waals surface area contributed by atoms with Crippen LogP contribution < -0.4 is 0 Å². The second kappa shape index (κ2) is 6.57. The van der Waals surface area contributed by atoms with Crippen molar-refractivity contribution >= 4 is 37.6 Å². The molecule has 0 aliphatic carbocycles. The summed E-state index contributed by atoms with van der Waals surface area (Å²) in [4.78, 5) is 0.320. The van der Waals surface area contributed by atoms with E-state index in [-0.39, 0.29) is 11.9 Å². The average molecular weight is 369 g/mol. The van der Waals surface area contributed by atoms with Crippen molar-refractivity contribution in [3.8, 4) is 0 Å². The number of rotatable bonds is 5. The first kappa shape index (κ1) is 17.0. The number of sulfonamides is 1. The molecule has 0 radical (unpaired) electrons. The number of alkyl halides is 1. The van der Waals surface area contributed by atoms with Crippen molar-refractivity contribution in [1.82, 2.24) is 4.31 Å². The molecular formula is C13H19BrClNO2S. The van der Waals surface area contributed by atoms with Gasteiger partial charge in [-0.25, -0.2) is 8.42 Å². The second-order valence-electron chi connectivity index (χ2n) is 4.61. The molecule has 0 saturated carbocycles. The molecule has 6 heteroatoms. The van der Waals surface area contributed by atoms with Gasteiger partial charge in [-0.3, -0.25) is 0 Å². The number of hydrogen-bond acceptors (Lipinski definition) is 2. The van der Waals surface area contributed by atoms with Gasteiger partial charge in [-0.2, -0.15) is 4.31 Å². The van der Waals surface area contributed by atoms with Crippen LogP contribution in [0, 0.1) is 6.92 Å². The zero-order valence-corrected chi connectivity index (χ0v) is 14.7. The molecule has 0 aliphatic heterocycles. The van der Waals surface area contributed by atoms with Crippen LogP contribution in [0.3, 0.4) is 0 Å². The molecule has 1 aromatic rings. The average Bonchev–Trinajstić information content (AvgIpc) is 2.39. The number of benzene rings is 1. The van der Waals surface area contributed by atoms with Gasteiger partial charge in [0.2, 0.25) is 10.0 Å². The largest absolute Gasteiger partial charge is 0.243 e. The first-order valence-electron chi connectivity index (χ1n) is 6.08. The molecule has 0 amide bonds. The zero-order chi connectivity index (χ0) is 14.8. The summed E-state index contributed by atoms with van der Waals surface area (Å²) < 4.78 is 27.5. The maximum Gasteiger partial charge on any atom is 0.243 e. The normalized spacial score (nSPS) is 13.8. The molecule has 0 spiro atoms. The fraction of sp³-hybridized carbons (Fsp3) is 0.538. The van der Waals surface area contributed by atoms with E-state index in [0.717, 1.165) is 16.5 Å². The Labute approximate surface area is 129 Å². The van der Waals surface area contributed by atoms with E-state index >= 15 is 0 Å². The molecule has 0 N–H and O–H groups in total. The van der Waals surface area contributed by atoms with E-state index in [2.05, 4.69) is 15.9 Å². The second-order valence-corrected chi connectivity index (χ2v) is 7.70. The van der Waals surface area contributed by atoms with E-state index < -0.39 is 10.0 Å². The summed E-state index contributed by atoms with van der Waals surface area (Å²) in [5.41, 5.74) is 1.50. The highest BCUT2D eigenvalue weighted by molar-refractivity contribution is 9.10. The van der Waals surface area contributed by atoms with Gasteiger partial charge >= 0.3 is 0 Å². The Morgan fingerprint density at radius 2 is 2.00 bits per heavy atom. The van der Waals surface area contributed by atoms with Crippen LogP contribution in [0.15, 0.2) is 21.5 Å². The molecule has 108 valence electrons. The summed E-state index contributed by atoms with van der Waals surface area (Å²) in [6.07, 6.45) is 0.769.